The molecule has 0 aromatic rings. The summed E-state index contributed by atoms with van der Waals surface area (Å²) in [4.78, 5) is 0. The van der Waals surface area contributed by atoms with Crippen LogP contribution in [0.25, 0.3) is 0 Å². The molecule has 2 unspecified atom stereocenters. The van der Waals surface area contributed by atoms with Crippen molar-refractivity contribution in [3.63, 3.8) is 0 Å². The third-order valence-electron chi connectivity index (χ3n) is 1.73. The summed E-state index contributed by atoms with van der Waals surface area (Å²) in [7, 11) is 0. The average molecular weight is 240 g/mol. The van der Waals surface area contributed by atoms with Gasteiger partial charge in [0, 0.05) is 6.61 Å². The van der Waals surface area contributed by atoms with Gasteiger partial charge in [-0.05, 0) is 12.8 Å². The predicted octanol–water partition coefficient (Wildman–Crippen LogP) is 1.66. The lowest BCUT2D eigenvalue weighted by Crippen LogP contribution is -2.51. The van der Waals surface area contributed by atoms with Crippen LogP contribution >= 0.6 is 0 Å². The molecule has 15 heavy (non-hydrogen) atoms. The summed E-state index contributed by atoms with van der Waals surface area (Å²) >= 11 is 0. The summed E-state index contributed by atoms with van der Waals surface area (Å²) in [5.74, 6) is -5.48. The molecule has 2 nitrogen and oxygen atoms in total. The van der Waals surface area contributed by atoms with E-state index in [2.05, 4.69) is 0 Å². The Labute approximate surface area is 81.5 Å². The Kier molecular flexibility index (Phi) is 4.85. The van der Waals surface area contributed by atoms with E-state index in [1.54, 1.807) is 0 Å². The minimum atomic E-state index is -5.99. The van der Waals surface area contributed by atoms with Crippen LogP contribution in [0, 0.1) is 0 Å². The van der Waals surface area contributed by atoms with E-state index in [0.717, 1.165) is 0 Å². The maximum Gasteiger partial charge on any atom is 0.456 e. The van der Waals surface area contributed by atoms with E-state index >= 15 is 0 Å². The highest BCUT2D eigenvalue weighted by atomic mass is 19.4. The molecule has 0 heterocycles. The van der Waals surface area contributed by atoms with Crippen molar-refractivity contribution in [3.8, 4) is 0 Å². The Hall–Kier alpha value is -0.500. The largest absolute Gasteiger partial charge is 0.456 e. The molecule has 0 aromatic heterocycles. The first-order valence-electron chi connectivity index (χ1n) is 4.02. The zero-order valence-corrected chi connectivity index (χ0v) is 7.44. The Morgan fingerprint density at radius 1 is 1.07 bits per heavy atom. The first kappa shape index (κ1) is 14.5. The molecular formula is C7H10F6O2. The average Bonchev–Trinajstić information content (AvgIpc) is 2.10. The fourth-order valence-electron chi connectivity index (χ4n) is 0.839. The highest BCUT2D eigenvalue weighted by molar-refractivity contribution is 4.88. The topological polar surface area (TPSA) is 40.5 Å². The van der Waals surface area contributed by atoms with Gasteiger partial charge in [0.1, 0.15) is 6.17 Å². The lowest BCUT2D eigenvalue weighted by molar-refractivity contribution is -0.320. The smallest absolute Gasteiger partial charge is 0.396 e. The molecule has 8 heteroatoms. The van der Waals surface area contributed by atoms with Gasteiger partial charge in [-0.25, -0.2) is 4.39 Å². The number of hydrogen-bond acceptors (Lipinski definition) is 2. The Balaban J connectivity index is 4.48. The molecule has 0 rings (SSSR count). The van der Waals surface area contributed by atoms with Gasteiger partial charge in [-0.2, -0.15) is 22.0 Å². The van der Waals surface area contributed by atoms with Gasteiger partial charge in [-0.15, -0.1) is 0 Å². The number of aliphatic hydroxyl groups is 2. The number of aliphatic hydroxyl groups excluding tert-OH is 2. The number of halogens is 6. The number of alkyl halides is 6. The lowest BCUT2D eigenvalue weighted by atomic mass is 10.0. The summed E-state index contributed by atoms with van der Waals surface area (Å²) in [5.41, 5.74) is 0. The first-order chi connectivity index (χ1) is 6.64. The zero-order chi connectivity index (χ0) is 12.3. The molecule has 0 aliphatic rings. The summed E-state index contributed by atoms with van der Waals surface area (Å²) in [6.07, 6.45) is -13.2. The van der Waals surface area contributed by atoms with E-state index < -0.39 is 37.4 Å². The molecule has 2 atom stereocenters. The normalized spacial score (nSPS) is 17.6. The van der Waals surface area contributed by atoms with E-state index in [9.17, 15) is 26.3 Å². The van der Waals surface area contributed by atoms with Crippen LogP contribution in [0.2, 0.25) is 0 Å². The third kappa shape index (κ3) is 3.53. The molecular weight excluding hydrogens is 230 g/mol. The van der Waals surface area contributed by atoms with Crippen molar-refractivity contribution in [2.75, 3.05) is 6.61 Å². The minimum absolute atomic E-state index is 0.299. The number of rotatable bonds is 5. The van der Waals surface area contributed by atoms with E-state index in [1.165, 1.54) is 0 Å². The molecule has 0 fully saturated rings. The van der Waals surface area contributed by atoms with Gasteiger partial charge in [0.05, 0.1) is 0 Å². The molecule has 0 amide bonds. The van der Waals surface area contributed by atoms with Crippen molar-refractivity contribution >= 4 is 0 Å². The third-order valence-corrected chi connectivity index (χ3v) is 1.73. The lowest BCUT2D eigenvalue weighted by Gasteiger charge is -2.26. The first-order valence-corrected chi connectivity index (χ1v) is 4.02. The van der Waals surface area contributed by atoms with Crippen LogP contribution in [0.1, 0.15) is 12.8 Å². The van der Waals surface area contributed by atoms with Gasteiger partial charge in [0.25, 0.3) is 0 Å². The molecule has 0 saturated carbocycles. The van der Waals surface area contributed by atoms with E-state index in [4.69, 9.17) is 10.2 Å². The highest BCUT2D eigenvalue weighted by Gasteiger charge is 2.64. The molecule has 0 radical (unpaired) electrons. The quantitative estimate of drug-likeness (QED) is 0.717. The monoisotopic (exact) mass is 240 g/mol. The molecule has 0 aromatic carbocycles. The second-order valence-corrected chi connectivity index (χ2v) is 2.95. The standard InChI is InChI=1S/C7H10F6O2/c8-4(2-1-3-14)5(15)6(9,10)7(11,12)13/h4-5,14-15H,1-3H2. The summed E-state index contributed by atoms with van der Waals surface area (Å²) in [5, 5.41) is 16.7. The summed E-state index contributed by atoms with van der Waals surface area (Å²) < 4.78 is 72.2. The zero-order valence-electron chi connectivity index (χ0n) is 7.44. The van der Waals surface area contributed by atoms with Gasteiger partial charge in [0.2, 0.25) is 0 Å². The SMILES string of the molecule is OCCCC(F)C(O)C(F)(F)C(F)(F)F. The van der Waals surface area contributed by atoms with Crippen LogP contribution < -0.4 is 0 Å². The van der Waals surface area contributed by atoms with Crippen LogP contribution in [0.5, 0.6) is 0 Å². The molecule has 0 aliphatic carbocycles. The minimum Gasteiger partial charge on any atom is -0.396 e. The van der Waals surface area contributed by atoms with Crippen molar-refractivity contribution < 1.29 is 36.6 Å². The van der Waals surface area contributed by atoms with Crippen molar-refractivity contribution in [2.24, 2.45) is 0 Å². The molecule has 0 saturated heterocycles. The fourth-order valence-corrected chi connectivity index (χ4v) is 0.839. The molecule has 0 aliphatic heterocycles. The Bertz CT molecular complexity index is 192. The van der Waals surface area contributed by atoms with Gasteiger partial charge >= 0.3 is 12.1 Å². The van der Waals surface area contributed by atoms with Gasteiger partial charge in [0.15, 0.2) is 6.10 Å². The van der Waals surface area contributed by atoms with E-state index in [1.807, 2.05) is 0 Å². The summed E-state index contributed by atoms with van der Waals surface area (Å²) in [6.45, 7) is -0.551. The Morgan fingerprint density at radius 3 is 1.87 bits per heavy atom. The van der Waals surface area contributed by atoms with Gasteiger partial charge in [-0.1, -0.05) is 0 Å². The van der Waals surface area contributed by atoms with Crippen LogP contribution in [0.15, 0.2) is 0 Å². The fraction of sp³-hybridized carbons (Fsp3) is 1.00. The van der Waals surface area contributed by atoms with Gasteiger partial charge < -0.3 is 10.2 Å². The Morgan fingerprint density at radius 2 is 1.53 bits per heavy atom. The highest BCUT2D eigenvalue weighted by Crippen LogP contribution is 2.40. The maximum absolute atomic E-state index is 12.7. The van der Waals surface area contributed by atoms with Crippen molar-refractivity contribution in [1.29, 1.82) is 0 Å². The van der Waals surface area contributed by atoms with Crippen molar-refractivity contribution in [2.45, 2.75) is 37.2 Å². The maximum atomic E-state index is 12.7. The van der Waals surface area contributed by atoms with Crippen LogP contribution in [-0.2, 0) is 0 Å². The second-order valence-electron chi connectivity index (χ2n) is 2.95. The molecule has 0 spiro atoms. The van der Waals surface area contributed by atoms with E-state index in [0.29, 0.717) is 0 Å². The molecule has 2 N–H and O–H groups in total. The van der Waals surface area contributed by atoms with Crippen LogP contribution in [0.3, 0.4) is 0 Å². The molecule has 92 valence electrons. The second kappa shape index (κ2) is 5.02. The van der Waals surface area contributed by atoms with Gasteiger partial charge in [-0.3, -0.25) is 0 Å². The predicted molar refractivity (Wildman–Crippen MR) is 38.2 cm³/mol. The van der Waals surface area contributed by atoms with Crippen molar-refractivity contribution in [1.82, 2.24) is 0 Å². The molecule has 0 bridgehead atoms. The van der Waals surface area contributed by atoms with Crippen molar-refractivity contribution in [3.05, 3.63) is 0 Å². The summed E-state index contributed by atoms with van der Waals surface area (Å²) in [6, 6.07) is 0. The number of hydrogen-bond donors (Lipinski definition) is 2. The van der Waals surface area contributed by atoms with Crippen LogP contribution in [-0.4, -0.2) is 41.2 Å². The van der Waals surface area contributed by atoms with Crippen LogP contribution in [0.4, 0.5) is 26.3 Å². The van der Waals surface area contributed by atoms with E-state index in [-0.39, 0.29) is 6.42 Å².